The predicted octanol–water partition coefficient (Wildman–Crippen LogP) is -8.07. The van der Waals surface area contributed by atoms with E-state index in [-0.39, 0.29) is 46.1 Å². The second kappa shape index (κ2) is 18.6. The summed E-state index contributed by atoms with van der Waals surface area (Å²) in [5.74, 6) is -9.68. The van der Waals surface area contributed by atoms with Crippen LogP contribution in [0.5, 0.6) is 0 Å². The Morgan fingerprint density at radius 1 is 0.643 bits per heavy atom. The monoisotopic (exact) mass is 428 g/mol. The first-order valence-electron chi connectivity index (χ1n) is 6.35. The van der Waals surface area contributed by atoms with Crippen LogP contribution >= 0.6 is 0 Å². The van der Waals surface area contributed by atoms with Crippen LogP contribution in [0.3, 0.4) is 0 Å². The van der Waals surface area contributed by atoms with Gasteiger partial charge in [0.2, 0.25) is 0 Å². The SMILES string of the molecule is O=C([O-])CC(OCC(=O)O)C(=O)[O-].O=C([O-])CC(OCC(=O)O)C(=O)[O-].[Mg+2].[Mg+2]. The van der Waals surface area contributed by atoms with Gasteiger partial charge in [-0.2, -0.15) is 0 Å². The van der Waals surface area contributed by atoms with Gasteiger partial charge in [0.15, 0.2) is 0 Å². The number of carboxylic acid groups (broad SMARTS) is 6. The molecule has 0 radical (unpaired) electrons. The topological polar surface area (TPSA) is 254 Å². The van der Waals surface area contributed by atoms with Gasteiger partial charge in [0.05, 0.1) is 11.9 Å². The van der Waals surface area contributed by atoms with Crippen LogP contribution < -0.4 is 20.4 Å². The Balaban J connectivity index is -0.000000192. The van der Waals surface area contributed by atoms with E-state index < -0.39 is 74.1 Å². The van der Waals surface area contributed by atoms with Crippen LogP contribution in [0, 0.1) is 0 Å². The van der Waals surface area contributed by atoms with Crippen molar-refractivity contribution in [2.45, 2.75) is 25.0 Å². The van der Waals surface area contributed by atoms with Gasteiger partial charge in [-0.25, -0.2) is 9.59 Å². The zero-order chi connectivity index (χ0) is 20.9. The molecule has 14 nitrogen and oxygen atoms in total. The molecule has 0 aromatic carbocycles. The van der Waals surface area contributed by atoms with E-state index in [9.17, 15) is 49.2 Å². The summed E-state index contributed by atoms with van der Waals surface area (Å²) >= 11 is 0. The first-order chi connectivity index (χ1) is 11.9. The Labute approximate surface area is 188 Å². The minimum Gasteiger partial charge on any atom is -0.550 e. The Morgan fingerprint density at radius 2 is 0.893 bits per heavy atom. The van der Waals surface area contributed by atoms with Crippen molar-refractivity contribution < 1.29 is 68.9 Å². The number of rotatable bonds is 12. The quantitative estimate of drug-likeness (QED) is 0.273. The fraction of sp³-hybridized carbons (Fsp3) is 0.500. The second-order valence-corrected chi connectivity index (χ2v) is 4.18. The average Bonchev–Trinajstić information content (AvgIpc) is 2.46. The minimum absolute atomic E-state index is 0. The van der Waals surface area contributed by atoms with Crippen LogP contribution in [-0.2, 0) is 38.2 Å². The van der Waals surface area contributed by atoms with Crippen molar-refractivity contribution in [2.24, 2.45) is 0 Å². The van der Waals surface area contributed by atoms with Crippen molar-refractivity contribution >= 4 is 81.9 Å². The number of hydrogen-bond acceptors (Lipinski definition) is 12. The van der Waals surface area contributed by atoms with Crippen LogP contribution in [0.1, 0.15) is 12.8 Å². The number of carboxylic acids is 6. The maximum Gasteiger partial charge on any atom is 2.00 e. The van der Waals surface area contributed by atoms with Crippen molar-refractivity contribution in [1.82, 2.24) is 0 Å². The summed E-state index contributed by atoms with van der Waals surface area (Å²) in [4.78, 5) is 59.9. The Bertz CT molecular complexity index is 500. The number of ether oxygens (including phenoxy) is 2. The standard InChI is InChI=1S/2C6H8O7.2Mg/c2*7-4(8)1-3(6(11)12)13-2-5(9)10;;/h2*3H,1-2H2,(H,7,8)(H,9,10)(H,11,12);;/q;;2*+2/p-4. The molecule has 0 aromatic heterocycles. The molecule has 0 aliphatic rings. The van der Waals surface area contributed by atoms with Crippen molar-refractivity contribution in [2.75, 3.05) is 13.2 Å². The smallest absolute Gasteiger partial charge is 0.550 e. The zero-order valence-corrected chi connectivity index (χ0v) is 17.0. The maximum absolute atomic E-state index is 10.1. The van der Waals surface area contributed by atoms with E-state index in [4.69, 9.17) is 10.2 Å². The summed E-state index contributed by atoms with van der Waals surface area (Å²) in [7, 11) is 0. The van der Waals surface area contributed by atoms with Crippen molar-refractivity contribution in [3.8, 4) is 0 Å². The molecule has 0 amide bonds. The van der Waals surface area contributed by atoms with Crippen molar-refractivity contribution in [3.05, 3.63) is 0 Å². The minimum atomic E-state index is -1.79. The second-order valence-electron chi connectivity index (χ2n) is 4.18. The molecule has 0 aromatic rings. The fourth-order valence-electron chi connectivity index (χ4n) is 1.07. The molecule has 2 atom stereocenters. The molecule has 16 heteroatoms. The van der Waals surface area contributed by atoms with Crippen LogP contribution in [0.25, 0.3) is 0 Å². The van der Waals surface area contributed by atoms with Crippen molar-refractivity contribution in [3.63, 3.8) is 0 Å². The van der Waals surface area contributed by atoms with Gasteiger partial charge in [0.1, 0.15) is 25.4 Å². The third-order valence-corrected chi connectivity index (χ3v) is 2.05. The van der Waals surface area contributed by atoms with E-state index in [1.54, 1.807) is 0 Å². The van der Waals surface area contributed by atoms with Gasteiger partial charge < -0.3 is 59.3 Å². The molecular weight excluding hydrogens is 417 g/mol. The van der Waals surface area contributed by atoms with E-state index in [0.29, 0.717) is 0 Å². The number of aliphatic carboxylic acids is 6. The molecule has 0 saturated heterocycles. The summed E-state index contributed by atoms with van der Waals surface area (Å²) in [6.45, 7) is -1.79. The summed E-state index contributed by atoms with van der Waals surface area (Å²) in [5.41, 5.74) is 0. The summed E-state index contributed by atoms with van der Waals surface area (Å²) < 4.78 is 8.39. The molecule has 0 heterocycles. The number of hydrogen-bond donors (Lipinski definition) is 2. The fourth-order valence-corrected chi connectivity index (χ4v) is 1.07. The normalized spacial score (nSPS) is 11.1. The Morgan fingerprint density at radius 3 is 1.04 bits per heavy atom. The first-order valence-corrected chi connectivity index (χ1v) is 6.35. The van der Waals surface area contributed by atoms with Gasteiger partial charge >= 0.3 is 58.0 Å². The van der Waals surface area contributed by atoms with E-state index in [1.165, 1.54) is 0 Å². The average molecular weight is 429 g/mol. The molecule has 28 heavy (non-hydrogen) atoms. The van der Waals surface area contributed by atoms with Crippen LogP contribution in [0.2, 0.25) is 0 Å². The van der Waals surface area contributed by atoms with Gasteiger partial charge in [-0.05, 0) is 0 Å². The van der Waals surface area contributed by atoms with Crippen LogP contribution in [0.15, 0.2) is 0 Å². The summed E-state index contributed by atoms with van der Waals surface area (Å²) in [6, 6.07) is 0. The maximum atomic E-state index is 10.1. The van der Waals surface area contributed by atoms with E-state index >= 15 is 0 Å². The molecule has 0 bridgehead atoms. The molecule has 0 saturated carbocycles. The molecule has 0 fully saturated rings. The molecule has 0 rings (SSSR count). The molecule has 0 spiro atoms. The number of carbonyl (C=O) groups excluding carboxylic acids is 4. The third-order valence-electron chi connectivity index (χ3n) is 2.05. The number of carbonyl (C=O) groups is 6. The third kappa shape index (κ3) is 22.3. The van der Waals surface area contributed by atoms with Crippen LogP contribution in [-0.4, -0.2) is 118 Å². The predicted molar refractivity (Wildman–Crippen MR) is 75.5 cm³/mol. The molecule has 0 aliphatic carbocycles. The van der Waals surface area contributed by atoms with Gasteiger partial charge in [-0.3, -0.25) is 0 Å². The molecule has 2 unspecified atom stereocenters. The van der Waals surface area contributed by atoms with Gasteiger partial charge in [0, 0.05) is 24.8 Å². The van der Waals surface area contributed by atoms with Gasteiger partial charge in [-0.1, -0.05) is 0 Å². The summed E-state index contributed by atoms with van der Waals surface area (Å²) in [6.07, 6.45) is -5.45. The molecule has 0 aliphatic heterocycles. The summed E-state index contributed by atoms with van der Waals surface area (Å²) in [5, 5.41) is 56.3. The zero-order valence-electron chi connectivity index (χ0n) is 14.2. The first kappa shape index (κ1) is 33.8. The van der Waals surface area contributed by atoms with Gasteiger partial charge in [0.25, 0.3) is 0 Å². The molecular formula is C12H12Mg2O14. The largest absolute Gasteiger partial charge is 2.00 e. The molecule has 2 N–H and O–H groups in total. The van der Waals surface area contributed by atoms with Crippen LogP contribution in [0.4, 0.5) is 0 Å². The van der Waals surface area contributed by atoms with Gasteiger partial charge in [-0.15, -0.1) is 0 Å². The van der Waals surface area contributed by atoms with Crippen molar-refractivity contribution in [1.29, 1.82) is 0 Å². The van der Waals surface area contributed by atoms with E-state index in [2.05, 4.69) is 9.47 Å². The Hall–Kier alpha value is -1.73. The van der Waals surface area contributed by atoms with E-state index in [1.807, 2.05) is 0 Å². The van der Waals surface area contributed by atoms with E-state index in [0.717, 1.165) is 0 Å². The molecule has 148 valence electrons. The Kier molecular flexibility index (Phi) is 22.5.